The lowest BCUT2D eigenvalue weighted by molar-refractivity contribution is 0.318. The molecule has 0 amide bonds. The Labute approximate surface area is 185 Å². The van der Waals surface area contributed by atoms with E-state index < -0.39 is 0 Å². The summed E-state index contributed by atoms with van der Waals surface area (Å²) in [6, 6.07) is 16.0. The molecule has 0 N–H and O–H groups in total. The molecule has 4 rings (SSSR count). The fourth-order valence-corrected chi connectivity index (χ4v) is 9.59. The van der Waals surface area contributed by atoms with Crippen molar-refractivity contribution in [1.29, 1.82) is 0 Å². The number of aryl methyl sites for hydroxylation is 1. The lowest BCUT2D eigenvalue weighted by Crippen LogP contribution is -2.27. The summed E-state index contributed by atoms with van der Waals surface area (Å²) in [4.78, 5) is 0. The first-order valence-electron chi connectivity index (χ1n) is 12.4. The molecule has 2 heteroatoms. The first-order valence-corrected chi connectivity index (χ1v) is 13.9. The average Bonchev–Trinajstić information content (AvgIpc) is 2.80. The number of benzene rings is 2. The summed E-state index contributed by atoms with van der Waals surface area (Å²) >= 11 is 0. The van der Waals surface area contributed by atoms with Gasteiger partial charge >= 0.3 is 0 Å². The third-order valence-corrected chi connectivity index (χ3v) is 10.6. The number of hydrogen-bond acceptors (Lipinski definition) is 1. The smallest absolute Gasteiger partial charge is 0.127 e. The maximum atomic E-state index is 6.25. The van der Waals surface area contributed by atoms with Crippen LogP contribution in [-0.2, 0) is 0 Å². The van der Waals surface area contributed by atoms with Crippen molar-refractivity contribution in [3.63, 3.8) is 0 Å². The summed E-state index contributed by atoms with van der Waals surface area (Å²) in [5.41, 5.74) is 5.99. The minimum atomic E-state index is -0.130. The van der Waals surface area contributed by atoms with Gasteiger partial charge in [-0.1, -0.05) is 89.8 Å². The van der Waals surface area contributed by atoms with Crippen LogP contribution in [0.4, 0.5) is 0 Å². The fraction of sp³-hybridized carbons (Fsp3) is 0.571. The van der Waals surface area contributed by atoms with Crippen molar-refractivity contribution >= 4 is 13.2 Å². The molecule has 0 bridgehead atoms. The van der Waals surface area contributed by atoms with Crippen LogP contribution >= 0.6 is 7.92 Å². The van der Waals surface area contributed by atoms with E-state index in [2.05, 4.69) is 56.3 Å². The van der Waals surface area contributed by atoms with Crippen LogP contribution in [0.15, 0.2) is 42.5 Å². The molecule has 30 heavy (non-hydrogen) atoms. The molecule has 1 nitrogen and oxygen atoms in total. The van der Waals surface area contributed by atoms with Crippen LogP contribution in [-0.4, -0.2) is 17.9 Å². The molecule has 162 valence electrons. The highest BCUT2D eigenvalue weighted by molar-refractivity contribution is 7.67. The molecule has 0 atom stereocenters. The molecule has 2 aliphatic carbocycles. The molecule has 2 aromatic rings. The van der Waals surface area contributed by atoms with E-state index in [4.69, 9.17) is 4.74 Å². The van der Waals surface area contributed by atoms with E-state index in [1.165, 1.54) is 80.9 Å². The molecule has 0 aliphatic heterocycles. The Morgan fingerprint density at radius 2 is 1.43 bits per heavy atom. The Morgan fingerprint density at radius 1 is 0.800 bits per heavy atom. The average molecular weight is 423 g/mol. The SMILES string of the molecule is CCCOc1cccc(C)c1-c1ccccc1P(C1CCCCC1)C1CCCCC1. The minimum absolute atomic E-state index is 0.130. The fourth-order valence-electron chi connectivity index (χ4n) is 5.64. The van der Waals surface area contributed by atoms with E-state index >= 15 is 0 Å². The van der Waals surface area contributed by atoms with Gasteiger partial charge in [-0.25, -0.2) is 0 Å². The van der Waals surface area contributed by atoms with Gasteiger partial charge < -0.3 is 4.74 Å². The molecule has 0 radical (unpaired) electrons. The molecule has 0 aromatic heterocycles. The van der Waals surface area contributed by atoms with Crippen molar-refractivity contribution < 1.29 is 4.74 Å². The minimum Gasteiger partial charge on any atom is -0.493 e. The van der Waals surface area contributed by atoms with E-state index in [0.717, 1.165) is 30.1 Å². The van der Waals surface area contributed by atoms with Gasteiger partial charge in [0.25, 0.3) is 0 Å². The molecule has 0 heterocycles. The van der Waals surface area contributed by atoms with Gasteiger partial charge in [0.1, 0.15) is 5.75 Å². The second-order valence-corrected chi connectivity index (χ2v) is 12.1. The Kier molecular flexibility index (Phi) is 7.89. The van der Waals surface area contributed by atoms with Crippen molar-refractivity contribution in [3.8, 4) is 16.9 Å². The Morgan fingerprint density at radius 3 is 2.07 bits per heavy atom. The van der Waals surface area contributed by atoms with Gasteiger partial charge in [-0.2, -0.15) is 0 Å². The largest absolute Gasteiger partial charge is 0.493 e. The maximum Gasteiger partial charge on any atom is 0.127 e. The highest BCUT2D eigenvalue weighted by atomic mass is 31.1. The zero-order valence-corrected chi connectivity index (χ0v) is 19.9. The lowest BCUT2D eigenvalue weighted by Gasteiger charge is -2.39. The van der Waals surface area contributed by atoms with Gasteiger partial charge in [0.15, 0.2) is 0 Å². The summed E-state index contributed by atoms with van der Waals surface area (Å²) in [5.74, 6) is 1.08. The van der Waals surface area contributed by atoms with Crippen LogP contribution in [0.5, 0.6) is 5.75 Å². The van der Waals surface area contributed by atoms with Gasteiger partial charge in [-0.3, -0.25) is 0 Å². The zero-order valence-electron chi connectivity index (χ0n) is 19.0. The summed E-state index contributed by atoms with van der Waals surface area (Å²) in [6.07, 6.45) is 15.5. The van der Waals surface area contributed by atoms with Crippen molar-refractivity contribution in [3.05, 3.63) is 48.0 Å². The molecule has 0 spiro atoms. The Balaban J connectivity index is 1.79. The third kappa shape index (κ3) is 4.94. The lowest BCUT2D eigenvalue weighted by atomic mass is 9.99. The van der Waals surface area contributed by atoms with E-state index in [1.807, 2.05) is 0 Å². The van der Waals surface area contributed by atoms with Crippen molar-refractivity contribution in [1.82, 2.24) is 0 Å². The monoisotopic (exact) mass is 422 g/mol. The van der Waals surface area contributed by atoms with E-state index in [9.17, 15) is 0 Å². The first-order chi connectivity index (χ1) is 14.8. The number of ether oxygens (including phenoxy) is 1. The number of rotatable bonds is 7. The zero-order chi connectivity index (χ0) is 20.8. The predicted molar refractivity (Wildman–Crippen MR) is 133 cm³/mol. The van der Waals surface area contributed by atoms with E-state index in [1.54, 1.807) is 5.30 Å². The van der Waals surface area contributed by atoms with Gasteiger partial charge in [0.05, 0.1) is 6.61 Å². The summed E-state index contributed by atoms with van der Waals surface area (Å²) in [6.45, 7) is 5.24. The van der Waals surface area contributed by atoms with Gasteiger partial charge in [0, 0.05) is 5.56 Å². The van der Waals surface area contributed by atoms with Crippen LogP contribution in [0.3, 0.4) is 0 Å². The van der Waals surface area contributed by atoms with Crippen LogP contribution in [0.25, 0.3) is 11.1 Å². The number of hydrogen-bond donors (Lipinski definition) is 0. The normalized spacial score (nSPS) is 18.6. The first kappa shape index (κ1) is 21.9. The van der Waals surface area contributed by atoms with Crippen molar-refractivity contribution in [2.45, 2.75) is 95.8 Å². The molecule has 2 aliphatic rings. The highest BCUT2D eigenvalue weighted by Crippen LogP contribution is 2.56. The van der Waals surface area contributed by atoms with E-state index in [-0.39, 0.29) is 7.92 Å². The Bertz CT molecular complexity index is 784. The Hall–Kier alpha value is -1.33. The summed E-state index contributed by atoms with van der Waals surface area (Å²) in [5, 5.41) is 1.67. The quantitative estimate of drug-likeness (QED) is 0.408. The molecular formula is C28H39OP. The van der Waals surface area contributed by atoms with Crippen molar-refractivity contribution in [2.24, 2.45) is 0 Å². The molecule has 0 unspecified atom stereocenters. The van der Waals surface area contributed by atoms with Crippen molar-refractivity contribution in [2.75, 3.05) is 6.61 Å². The van der Waals surface area contributed by atoms with Crippen LogP contribution in [0.1, 0.15) is 83.1 Å². The topological polar surface area (TPSA) is 9.23 Å². The second-order valence-electron chi connectivity index (χ2n) is 9.30. The van der Waals surface area contributed by atoms with Gasteiger partial charge in [-0.05, 0) is 72.8 Å². The van der Waals surface area contributed by atoms with Gasteiger partial charge in [-0.15, -0.1) is 0 Å². The molecule has 2 fully saturated rings. The molecule has 0 saturated heterocycles. The highest BCUT2D eigenvalue weighted by Gasteiger charge is 2.34. The standard InChI is InChI=1S/C28H39OP/c1-3-21-29-26-19-12-13-22(2)28(26)25-18-10-11-20-27(25)30(23-14-6-4-7-15-23)24-16-8-5-9-17-24/h10-13,18-20,23-24H,3-9,14-17,21H2,1-2H3. The van der Waals surface area contributed by atoms with E-state index in [0.29, 0.717) is 0 Å². The van der Waals surface area contributed by atoms with Gasteiger partial charge in [0.2, 0.25) is 0 Å². The van der Waals surface area contributed by atoms with Crippen LogP contribution in [0, 0.1) is 6.92 Å². The third-order valence-electron chi connectivity index (χ3n) is 7.08. The summed E-state index contributed by atoms with van der Waals surface area (Å²) in [7, 11) is -0.130. The maximum absolute atomic E-state index is 6.25. The van der Waals surface area contributed by atoms with Crippen LogP contribution in [0.2, 0.25) is 0 Å². The predicted octanol–water partition coefficient (Wildman–Crippen LogP) is 8.22. The van der Waals surface area contributed by atoms with Crippen LogP contribution < -0.4 is 10.0 Å². The molecule has 2 aromatic carbocycles. The second kappa shape index (κ2) is 10.8. The molecule has 2 saturated carbocycles. The molecular weight excluding hydrogens is 383 g/mol. The summed E-state index contributed by atoms with van der Waals surface area (Å²) < 4.78 is 6.25.